The molecule has 5 rings (SSSR count). The van der Waals surface area contributed by atoms with Gasteiger partial charge in [-0.05, 0) is 60.6 Å². The molecule has 7 heteroatoms. The molecule has 0 N–H and O–H groups in total. The van der Waals surface area contributed by atoms with Crippen LogP contribution in [0.15, 0.2) is 24.3 Å². The summed E-state index contributed by atoms with van der Waals surface area (Å²) >= 11 is 1.47. The van der Waals surface area contributed by atoms with Crippen LogP contribution < -0.4 is 9.64 Å². The first kappa shape index (κ1) is 22.6. The van der Waals surface area contributed by atoms with Crippen molar-refractivity contribution in [2.75, 3.05) is 31.6 Å². The number of methoxy groups -OCH3 is 1. The molecule has 0 radical (unpaired) electrons. The molecule has 0 spiro atoms. The lowest BCUT2D eigenvalue weighted by molar-refractivity contribution is -0.137. The third-order valence-electron chi connectivity index (χ3n) is 7.77. The molecule has 2 aliphatic heterocycles. The number of ether oxygens (including phenoxy) is 1. The number of hydrogen-bond donors (Lipinski definition) is 0. The minimum atomic E-state index is 0.150. The van der Waals surface area contributed by atoms with Crippen LogP contribution in [0.25, 0.3) is 0 Å². The maximum absolute atomic E-state index is 13.5. The van der Waals surface area contributed by atoms with Gasteiger partial charge in [0.15, 0.2) is 0 Å². The van der Waals surface area contributed by atoms with E-state index in [4.69, 9.17) is 9.72 Å². The van der Waals surface area contributed by atoms with Crippen molar-refractivity contribution in [2.24, 2.45) is 16.7 Å². The zero-order valence-corrected chi connectivity index (χ0v) is 21.2. The number of hydrogen-bond acceptors (Lipinski definition) is 6. The van der Waals surface area contributed by atoms with Crippen LogP contribution in [-0.4, -0.2) is 53.0 Å². The Bertz CT molecular complexity index is 1010. The van der Waals surface area contributed by atoms with Crippen molar-refractivity contribution >= 4 is 22.6 Å². The van der Waals surface area contributed by atoms with Crippen LogP contribution in [-0.2, 0) is 11.2 Å². The van der Waals surface area contributed by atoms with Crippen LogP contribution in [0.5, 0.6) is 5.75 Å². The normalized spacial score (nSPS) is 27.1. The molecule has 1 aromatic heterocycles. The molecule has 2 saturated heterocycles. The number of carbonyl (C=O) groups excluding carboxylic acids is 1. The first-order valence-corrected chi connectivity index (χ1v) is 13.0. The fourth-order valence-electron chi connectivity index (χ4n) is 6.68. The Labute approximate surface area is 201 Å². The molecule has 2 unspecified atom stereocenters. The molecule has 33 heavy (non-hydrogen) atoms. The Balaban J connectivity index is 1.18. The van der Waals surface area contributed by atoms with E-state index in [2.05, 4.69) is 41.0 Å². The summed E-state index contributed by atoms with van der Waals surface area (Å²) in [5.74, 6) is 2.25. The van der Waals surface area contributed by atoms with E-state index in [1.165, 1.54) is 24.4 Å². The minimum absolute atomic E-state index is 0.150. The Hall–Kier alpha value is -2.15. The number of fused-ring (bicyclic) bond motifs is 2. The van der Waals surface area contributed by atoms with Gasteiger partial charge in [0.25, 0.3) is 0 Å². The highest BCUT2D eigenvalue weighted by atomic mass is 32.1. The number of amides is 1. The van der Waals surface area contributed by atoms with E-state index in [9.17, 15) is 4.79 Å². The summed E-state index contributed by atoms with van der Waals surface area (Å²) in [6, 6.07) is 8.50. The second-order valence-electron chi connectivity index (χ2n) is 11.5. The van der Waals surface area contributed by atoms with Gasteiger partial charge in [-0.3, -0.25) is 4.79 Å². The van der Waals surface area contributed by atoms with Gasteiger partial charge in [0, 0.05) is 49.5 Å². The first-order valence-electron chi connectivity index (χ1n) is 12.2. The van der Waals surface area contributed by atoms with E-state index in [-0.39, 0.29) is 5.92 Å². The van der Waals surface area contributed by atoms with Gasteiger partial charge in [-0.2, -0.15) is 4.37 Å². The Kier molecular flexibility index (Phi) is 5.88. The summed E-state index contributed by atoms with van der Waals surface area (Å²) in [4.78, 5) is 22.8. The van der Waals surface area contributed by atoms with Crippen LogP contribution in [0.3, 0.4) is 0 Å². The molecule has 3 aliphatic rings. The van der Waals surface area contributed by atoms with Crippen LogP contribution in [0.1, 0.15) is 64.3 Å². The van der Waals surface area contributed by atoms with Crippen molar-refractivity contribution in [3.05, 3.63) is 35.7 Å². The summed E-state index contributed by atoms with van der Waals surface area (Å²) < 4.78 is 9.91. The zero-order chi connectivity index (χ0) is 23.2. The molecule has 2 bridgehead atoms. The van der Waals surface area contributed by atoms with E-state index in [1.54, 1.807) is 7.11 Å². The lowest BCUT2D eigenvalue weighted by atomic mass is 9.65. The number of aromatic nitrogens is 2. The number of benzene rings is 1. The molecule has 2 atom stereocenters. The lowest BCUT2D eigenvalue weighted by Crippen LogP contribution is -2.45. The predicted molar refractivity (Wildman–Crippen MR) is 132 cm³/mol. The molecule has 3 heterocycles. The van der Waals surface area contributed by atoms with E-state index in [0.29, 0.717) is 29.2 Å². The quantitative estimate of drug-likeness (QED) is 0.632. The standard InChI is InChI=1S/C26H36N4O2S/c1-25(2)14-20-15-26(3,16-25)17-30(20)23(31)19-8-10-29(11-9-19)24-27-22(28-33-24)13-18-6-5-7-21(12-18)32-4/h5-7,12,19-20H,8-11,13-17H2,1-4H3. The Morgan fingerprint density at radius 2 is 2.00 bits per heavy atom. The van der Waals surface area contributed by atoms with Crippen molar-refractivity contribution in [3.63, 3.8) is 0 Å². The van der Waals surface area contributed by atoms with E-state index in [1.807, 2.05) is 18.2 Å². The van der Waals surface area contributed by atoms with Crippen LogP contribution in [0.2, 0.25) is 0 Å². The van der Waals surface area contributed by atoms with Gasteiger partial charge in [0.05, 0.1) is 7.11 Å². The number of carbonyl (C=O) groups is 1. The summed E-state index contributed by atoms with van der Waals surface area (Å²) in [5.41, 5.74) is 1.79. The molecule has 1 amide bonds. The first-order chi connectivity index (χ1) is 15.7. The predicted octanol–water partition coefficient (Wildman–Crippen LogP) is 4.78. The topological polar surface area (TPSA) is 58.6 Å². The van der Waals surface area contributed by atoms with Crippen molar-refractivity contribution < 1.29 is 9.53 Å². The van der Waals surface area contributed by atoms with Gasteiger partial charge < -0.3 is 14.5 Å². The molecule has 178 valence electrons. The second-order valence-corrected chi connectivity index (χ2v) is 12.2. The van der Waals surface area contributed by atoms with Gasteiger partial charge >= 0.3 is 0 Å². The van der Waals surface area contributed by atoms with Crippen molar-refractivity contribution in [1.29, 1.82) is 0 Å². The van der Waals surface area contributed by atoms with Gasteiger partial charge in [0.2, 0.25) is 11.0 Å². The van der Waals surface area contributed by atoms with Crippen molar-refractivity contribution in [2.45, 2.75) is 65.3 Å². The number of piperidine rings is 1. The highest BCUT2D eigenvalue weighted by molar-refractivity contribution is 7.09. The van der Waals surface area contributed by atoms with Crippen molar-refractivity contribution in [3.8, 4) is 5.75 Å². The fourth-order valence-corrected chi connectivity index (χ4v) is 7.42. The average molecular weight is 469 g/mol. The van der Waals surface area contributed by atoms with Gasteiger partial charge in [0.1, 0.15) is 11.6 Å². The third kappa shape index (κ3) is 4.75. The Morgan fingerprint density at radius 3 is 2.76 bits per heavy atom. The summed E-state index contributed by atoms with van der Waals surface area (Å²) in [5, 5.41) is 0.977. The largest absolute Gasteiger partial charge is 0.497 e. The molecule has 1 aromatic carbocycles. The van der Waals surface area contributed by atoms with Crippen LogP contribution >= 0.6 is 11.5 Å². The fraction of sp³-hybridized carbons (Fsp3) is 0.654. The number of likely N-dealkylation sites (tertiary alicyclic amines) is 1. The second kappa shape index (κ2) is 8.57. The van der Waals surface area contributed by atoms with Gasteiger partial charge in [-0.25, -0.2) is 4.98 Å². The maximum atomic E-state index is 13.5. The van der Waals surface area contributed by atoms with Crippen molar-refractivity contribution in [1.82, 2.24) is 14.3 Å². The summed E-state index contributed by atoms with van der Waals surface area (Å²) in [7, 11) is 1.68. The van der Waals surface area contributed by atoms with Gasteiger partial charge in [-0.15, -0.1) is 0 Å². The number of anilines is 1. The zero-order valence-electron chi connectivity index (χ0n) is 20.3. The average Bonchev–Trinajstić information content (AvgIpc) is 3.34. The summed E-state index contributed by atoms with van der Waals surface area (Å²) in [6.07, 6.45) is 6.08. The van der Waals surface area contributed by atoms with Crippen LogP contribution in [0, 0.1) is 16.7 Å². The van der Waals surface area contributed by atoms with Crippen LogP contribution in [0.4, 0.5) is 5.13 Å². The molecular weight excluding hydrogens is 432 g/mol. The van der Waals surface area contributed by atoms with E-state index < -0.39 is 0 Å². The maximum Gasteiger partial charge on any atom is 0.226 e. The molecular formula is C26H36N4O2S. The van der Waals surface area contributed by atoms with E-state index >= 15 is 0 Å². The number of rotatable bonds is 5. The Morgan fingerprint density at radius 1 is 1.21 bits per heavy atom. The van der Waals surface area contributed by atoms with Gasteiger partial charge in [-0.1, -0.05) is 32.9 Å². The smallest absolute Gasteiger partial charge is 0.226 e. The molecule has 1 aliphatic carbocycles. The SMILES string of the molecule is COc1cccc(Cc2nsc(N3CCC(C(=O)N4CC5(C)CC4CC(C)(C)C5)CC3)n2)c1. The molecule has 3 fully saturated rings. The minimum Gasteiger partial charge on any atom is -0.497 e. The monoisotopic (exact) mass is 468 g/mol. The third-order valence-corrected chi connectivity index (χ3v) is 8.58. The van der Waals surface area contributed by atoms with E-state index in [0.717, 1.165) is 61.2 Å². The lowest BCUT2D eigenvalue weighted by Gasteiger charge is -2.40. The molecule has 2 aromatic rings. The molecule has 6 nitrogen and oxygen atoms in total. The highest BCUT2D eigenvalue weighted by Crippen LogP contribution is 2.53. The summed E-state index contributed by atoms with van der Waals surface area (Å²) in [6.45, 7) is 9.83. The molecule has 1 saturated carbocycles. The highest BCUT2D eigenvalue weighted by Gasteiger charge is 2.51. The number of nitrogens with zero attached hydrogens (tertiary/aromatic N) is 4.